The van der Waals surface area contributed by atoms with Gasteiger partial charge in [-0.25, -0.2) is 4.39 Å². The normalized spacial score (nSPS) is 10.9. The second-order valence-electron chi connectivity index (χ2n) is 7.33. The summed E-state index contributed by atoms with van der Waals surface area (Å²) in [5, 5.41) is 3.98. The van der Waals surface area contributed by atoms with Gasteiger partial charge in [0.2, 0.25) is 11.8 Å². The van der Waals surface area contributed by atoms with E-state index in [-0.39, 0.29) is 23.9 Å². The molecule has 0 aliphatic carbocycles. The van der Waals surface area contributed by atoms with Gasteiger partial charge in [0.25, 0.3) is 0 Å². The van der Waals surface area contributed by atoms with E-state index < -0.39 is 5.91 Å². The van der Waals surface area contributed by atoms with E-state index in [9.17, 15) is 14.0 Å². The van der Waals surface area contributed by atoms with Gasteiger partial charge in [0.1, 0.15) is 5.82 Å². The number of primary amides is 1. The molecule has 4 aromatic rings. The Morgan fingerprint density at radius 1 is 0.969 bits per heavy atom. The van der Waals surface area contributed by atoms with Crippen molar-refractivity contribution in [3.05, 3.63) is 84.2 Å². The summed E-state index contributed by atoms with van der Waals surface area (Å²) < 4.78 is 13.4. The van der Waals surface area contributed by atoms with Crippen LogP contribution in [-0.2, 0) is 16.0 Å². The van der Waals surface area contributed by atoms with Crippen molar-refractivity contribution >= 4 is 40.2 Å². The quantitative estimate of drug-likeness (QED) is 0.328. The number of aromatic nitrogens is 1. The van der Waals surface area contributed by atoms with Crippen molar-refractivity contribution in [3.63, 3.8) is 0 Å². The van der Waals surface area contributed by atoms with Gasteiger partial charge >= 0.3 is 0 Å². The third-order valence-corrected chi connectivity index (χ3v) is 6.18. The molecule has 0 bridgehead atoms. The first kappa shape index (κ1) is 21.6. The van der Waals surface area contributed by atoms with Gasteiger partial charge in [-0.1, -0.05) is 30.3 Å². The number of thioether (sulfide) groups is 1. The number of anilines is 1. The van der Waals surface area contributed by atoms with Gasteiger partial charge in [0.05, 0.1) is 11.4 Å². The first-order chi connectivity index (χ1) is 15.5. The number of carbonyl (C=O) groups is 2. The monoisotopic (exact) mass is 447 g/mol. The van der Waals surface area contributed by atoms with E-state index in [1.807, 2.05) is 42.5 Å². The molecule has 0 saturated carbocycles. The lowest BCUT2D eigenvalue weighted by molar-refractivity contribution is -0.116. The van der Waals surface area contributed by atoms with Crippen molar-refractivity contribution in [3.8, 4) is 11.3 Å². The van der Waals surface area contributed by atoms with Crippen LogP contribution in [-0.4, -0.2) is 22.6 Å². The molecule has 32 heavy (non-hydrogen) atoms. The summed E-state index contributed by atoms with van der Waals surface area (Å²) in [6, 6.07) is 21.6. The molecule has 2 amide bonds. The van der Waals surface area contributed by atoms with Gasteiger partial charge in [0, 0.05) is 27.9 Å². The number of H-pyrrole nitrogens is 1. The summed E-state index contributed by atoms with van der Waals surface area (Å²) in [4.78, 5) is 28.1. The number of rotatable bonds is 8. The number of para-hydroxylation sites is 2. The molecular weight excluding hydrogens is 425 g/mol. The average Bonchev–Trinajstić information content (AvgIpc) is 3.16. The number of carbonyl (C=O) groups excluding carboxylic acids is 2. The molecule has 0 saturated heterocycles. The first-order valence-electron chi connectivity index (χ1n) is 10.2. The Labute approximate surface area is 189 Å². The van der Waals surface area contributed by atoms with E-state index >= 15 is 0 Å². The highest BCUT2D eigenvalue weighted by atomic mass is 32.2. The standard InChI is InChI=1S/C25H22FN3O2S/c26-17-11-9-16(10-12-17)25-19(18-5-1-2-6-20(18)29-25)13-14-24(31)28-21-7-3-4-8-22(21)32-15-23(27)30/h1-12,29H,13-15H2,(H2,27,30)(H,28,31). The van der Waals surface area contributed by atoms with Gasteiger partial charge in [-0.05, 0) is 60.0 Å². The van der Waals surface area contributed by atoms with E-state index in [4.69, 9.17) is 5.73 Å². The SMILES string of the molecule is NC(=O)CSc1ccccc1NC(=O)CCc1c(-c2ccc(F)cc2)[nH]c2ccccc12. The van der Waals surface area contributed by atoms with Gasteiger partial charge < -0.3 is 16.0 Å². The molecular formula is C25H22FN3O2S. The maximum absolute atomic E-state index is 13.4. The van der Waals surface area contributed by atoms with E-state index in [2.05, 4.69) is 10.3 Å². The topological polar surface area (TPSA) is 88.0 Å². The fourth-order valence-electron chi connectivity index (χ4n) is 3.62. The second kappa shape index (κ2) is 9.70. The number of hydrogen-bond acceptors (Lipinski definition) is 3. The van der Waals surface area contributed by atoms with Crippen molar-refractivity contribution in [1.82, 2.24) is 4.98 Å². The average molecular weight is 448 g/mol. The Balaban J connectivity index is 1.53. The number of halogens is 1. The molecule has 0 atom stereocenters. The third-order valence-electron chi connectivity index (χ3n) is 5.08. The minimum absolute atomic E-state index is 0.132. The number of benzene rings is 3. The van der Waals surface area contributed by atoms with Crippen LogP contribution < -0.4 is 11.1 Å². The molecule has 1 aromatic heterocycles. The Morgan fingerprint density at radius 2 is 1.69 bits per heavy atom. The fraction of sp³-hybridized carbons (Fsp3) is 0.120. The summed E-state index contributed by atoms with van der Waals surface area (Å²) in [6.07, 6.45) is 0.782. The number of aryl methyl sites for hydroxylation is 1. The highest BCUT2D eigenvalue weighted by molar-refractivity contribution is 8.00. The van der Waals surface area contributed by atoms with Gasteiger partial charge in [-0.3, -0.25) is 9.59 Å². The zero-order valence-corrected chi connectivity index (χ0v) is 18.0. The lowest BCUT2D eigenvalue weighted by atomic mass is 10.0. The van der Waals surface area contributed by atoms with Crippen LogP contribution >= 0.6 is 11.8 Å². The zero-order valence-electron chi connectivity index (χ0n) is 17.2. The van der Waals surface area contributed by atoms with Crippen molar-refractivity contribution in [2.75, 3.05) is 11.1 Å². The molecule has 0 radical (unpaired) electrons. The third kappa shape index (κ3) is 5.00. The van der Waals surface area contributed by atoms with Crippen molar-refractivity contribution < 1.29 is 14.0 Å². The van der Waals surface area contributed by atoms with Crippen LogP contribution in [0.2, 0.25) is 0 Å². The predicted molar refractivity (Wildman–Crippen MR) is 127 cm³/mol. The molecule has 1 heterocycles. The lowest BCUT2D eigenvalue weighted by Crippen LogP contribution is -2.15. The maximum Gasteiger partial charge on any atom is 0.227 e. The molecule has 5 nitrogen and oxygen atoms in total. The van der Waals surface area contributed by atoms with Crippen molar-refractivity contribution in [2.45, 2.75) is 17.7 Å². The minimum atomic E-state index is -0.413. The summed E-state index contributed by atoms with van der Waals surface area (Å²) >= 11 is 1.29. The number of hydrogen-bond donors (Lipinski definition) is 3. The fourth-order valence-corrected chi connectivity index (χ4v) is 4.37. The second-order valence-corrected chi connectivity index (χ2v) is 8.35. The molecule has 0 unspecified atom stereocenters. The Morgan fingerprint density at radius 3 is 2.47 bits per heavy atom. The number of amides is 2. The predicted octanol–water partition coefficient (Wildman–Crippen LogP) is 5.12. The van der Waals surface area contributed by atoms with Crippen LogP contribution in [0.15, 0.2) is 77.7 Å². The summed E-state index contributed by atoms with van der Waals surface area (Å²) in [7, 11) is 0. The van der Waals surface area contributed by atoms with Crippen molar-refractivity contribution in [1.29, 1.82) is 0 Å². The van der Waals surface area contributed by atoms with Gasteiger partial charge in [0.15, 0.2) is 0 Å². The summed E-state index contributed by atoms with van der Waals surface area (Å²) in [5.41, 5.74) is 9.63. The molecule has 162 valence electrons. The van der Waals surface area contributed by atoms with Crippen LogP contribution in [0.4, 0.5) is 10.1 Å². The number of nitrogens with one attached hydrogen (secondary N) is 2. The number of aromatic amines is 1. The van der Waals surface area contributed by atoms with Gasteiger partial charge in [-0.15, -0.1) is 11.8 Å². The molecule has 4 N–H and O–H groups in total. The Bertz CT molecular complexity index is 1270. The van der Waals surface area contributed by atoms with Crippen LogP contribution in [0.25, 0.3) is 22.2 Å². The molecule has 0 spiro atoms. The molecule has 7 heteroatoms. The number of nitrogens with two attached hydrogens (primary N) is 1. The van der Waals surface area contributed by atoms with E-state index in [0.29, 0.717) is 12.1 Å². The maximum atomic E-state index is 13.4. The van der Waals surface area contributed by atoms with Crippen LogP contribution in [0.3, 0.4) is 0 Å². The molecule has 4 rings (SSSR count). The molecule has 3 aromatic carbocycles. The first-order valence-corrected chi connectivity index (χ1v) is 11.2. The summed E-state index contributed by atoms with van der Waals surface area (Å²) in [6.45, 7) is 0. The molecule has 0 aliphatic heterocycles. The largest absolute Gasteiger partial charge is 0.369 e. The highest BCUT2D eigenvalue weighted by Crippen LogP contribution is 2.32. The Kier molecular flexibility index (Phi) is 6.56. The van der Waals surface area contributed by atoms with Crippen LogP contribution in [0.1, 0.15) is 12.0 Å². The van der Waals surface area contributed by atoms with Crippen LogP contribution in [0.5, 0.6) is 0 Å². The molecule has 0 fully saturated rings. The van der Waals surface area contributed by atoms with Gasteiger partial charge in [-0.2, -0.15) is 0 Å². The smallest absolute Gasteiger partial charge is 0.227 e. The number of fused-ring (bicyclic) bond motifs is 1. The Hall–Kier alpha value is -3.58. The molecule has 0 aliphatic rings. The highest BCUT2D eigenvalue weighted by Gasteiger charge is 2.15. The zero-order chi connectivity index (χ0) is 22.5. The lowest BCUT2D eigenvalue weighted by Gasteiger charge is -2.11. The minimum Gasteiger partial charge on any atom is -0.369 e. The van der Waals surface area contributed by atoms with Crippen LogP contribution in [0, 0.1) is 5.82 Å². The van der Waals surface area contributed by atoms with E-state index in [1.165, 1.54) is 23.9 Å². The van der Waals surface area contributed by atoms with E-state index in [1.54, 1.807) is 18.2 Å². The summed E-state index contributed by atoms with van der Waals surface area (Å²) in [5.74, 6) is -0.696. The van der Waals surface area contributed by atoms with E-state index in [0.717, 1.165) is 32.6 Å². The van der Waals surface area contributed by atoms with Crippen molar-refractivity contribution in [2.24, 2.45) is 5.73 Å².